The summed E-state index contributed by atoms with van der Waals surface area (Å²) >= 11 is 0. The van der Waals surface area contributed by atoms with E-state index in [2.05, 4.69) is 4.18 Å². The van der Waals surface area contributed by atoms with Gasteiger partial charge in [0.05, 0.1) is 6.61 Å². The minimum Gasteiger partial charge on any atom is -0.735 e. The molecule has 0 aliphatic carbocycles. The molecule has 5 N–H and O–H groups in total. The van der Waals surface area contributed by atoms with Crippen molar-refractivity contribution in [1.82, 2.24) is 4.72 Å². The van der Waals surface area contributed by atoms with Crippen LogP contribution in [-0.4, -0.2) is 108 Å². The van der Waals surface area contributed by atoms with Crippen molar-refractivity contribution in [2.75, 3.05) is 6.61 Å². The van der Waals surface area contributed by atoms with Gasteiger partial charge in [0.2, 0.25) is 16.7 Å². The molecule has 0 amide bonds. The average molecular weight is 494 g/mol. The van der Waals surface area contributed by atoms with Crippen molar-refractivity contribution in [2.24, 2.45) is 0 Å². The summed E-state index contributed by atoms with van der Waals surface area (Å²) in [5.74, 6) is -3.10. The van der Waals surface area contributed by atoms with E-state index >= 15 is 0 Å². The minimum atomic E-state index is -5.52. The lowest BCUT2D eigenvalue weighted by atomic mass is 9.97. The van der Waals surface area contributed by atoms with E-state index in [4.69, 9.17) is 14.2 Å². The standard InChI is InChI=1S/C12H19NO16S2/c14-2-5-9(7(16)6(11(19)26-5)13-30(20,21)22)28-12-8(29-31(23,24)25)3(15)1-4(27-12)10(17)18/h1,3,5-9,11-16,19H,2H2,(H,17,18)(H,20,21,22)(H,23,24,25)/p-3/t3-,5-,6+,7-,8-,9+,11-,12-/m1/s1. The molecule has 0 spiro atoms. The van der Waals surface area contributed by atoms with E-state index in [0.717, 1.165) is 0 Å². The molecule has 8 atom stereocenters. The maximum Gasteiger partial charge on any atom is 0.231 e. The fraction of sp³-hybridized carbons (Fsp3) is 0.750. The highest BCUT2D eigenvalue weighted by Crippen LogP contribution is 2.29. The molecule has 0 saturated carbocycles. The first-order valence-electron chi connectivity index (χ1n) is 8.06. The van der Waals surface area contributed by atoms with E-state index in [0.29, 0.717) is 6.08 Å². The van der Waals surface area contributed by atoms with Crippen LogP contribution in [-0.2, 0) is 43.9 Å². The fourth-order valence-corrected chi connectivity index (χ4v) is 3.87. The predicted octanol–water partition coefficient (Wildman–Crippen LogP) is -6.94. The van der Waals surface area contributed by atoms with Crippen molar-refractivity contribution < 1.29 is 74.7 Å². The van der Waals surface area contributed by atoms with Crippen LogP contribution in [0.1, 0.15) is 0 Å². The Labute approximate surface area is 174 Å². The van der Waals surface area contributed by atoms with E-state index in [1.54, 1.807) is 0 Å². The first kappa shape index (κ1) is 25.8. The Bertz CT molecular complexity index is 902. The Morgan fingerprint density at radius 2 is 1.77 bits per heavy atom. The summed E-state index contributed by atoms with van der Waals surface area (Å²) in [6.45, 7) is -1.01. The summed E-state index contributed by atoms with van der Waals surface area (Å²) in [5.41, 5.74) is 0. The number of aliphatic hydroxyl groups excluding tert-OH is 4. The van der Waals surface area contributed by atoms with Crippen molar-refractivity contribution >= 4 is 26.7 Å². The fourth-order valence-electron chi connectivity index (χ4n) is 2.80. The molecule has 2 heterocycles. The van der Waals surface area contributed by atoms with Crippen LogP contribution in [0.25, 0.3) is 0 Å². The van der Waals surface area contributed by atoms with Crippen LogP contribution in [0.3, 0.4) is 0 Å². The third-order valence-electron chi connectivity index (χ3n) is 4.04. The van der Waals surface area contributed by atoms with E-state index in [-0.39, 0.29) is 0 Å². The Morgan fingerprint density at radius 3 is 2.26 bits per heavy atom. The number of carbonyl (C=O) groups is 1. The highest BCUT2D eigenvalue weighted by atomic mass is 32.3. The first-order chi connectivity index (χ1) is 14.1. The number of rotatable bonds is 8. The molecule has 1 fully saturated rings. The molecule has 2 aliphatic rings. The van der Waals surface area contributed by atoms with Gasteiger partial charge >= 0.3 is 0 Å². The van der Waals surface area contributed by atoms with Gasteiger partial charge in [-0.25, -0.2) is 21.6 Å². The van der Waals surface area contributed by atoms with E-state index in [1.807, 2.05) is 0 Å². The predicted molar refractivity (Wildman–Crippen MR) is 84.0 cm³/mol. The Hall–Kier alpha value is -1.49. The van der Waals surface area contributed by atoms with Crippen LogP contribution < -0.4 is 9.83 Å². The molecule has 2 rings (SSSR count). The number of carboxylic acids is 1. The molecule has 0 aromatic heterocycles. The maximum absolute atomic E-state index is 11.0. The van der Waals surface area contributed by atoms with Gasteiger partial charge in [0.15, 0.2) is 22.7 Å². The van der Waals surface area contributed by atoms with Crippen molar-refractivity contribution in [3.05, 3.63) is 11.8 Å². The van der Waals surface area contributed by atoms with Crippen molar-refractivity contribution in [1.29, 1.82) is 0 Å². The van der Waals surface area contributed by atoms with Crippen molar-refractivity contribution in [3.63, 3.8) is 0 Å². The van der Waals surface area contributed by atoms with Gasteiger partial charge in [0.25, 0.3) is 0 Å². The molecule has 0 bridgehead atoms. The van der Waals surface area contributed by atoms with E-state index in [1.165, 1.54) is 4.72 Å². The number of ether oxygens (including phenoxy) is 3. The van der Waals surface area contributed by atoms with Gasteiger partial charge in [0, 0.05) is 0 Å². The lowest BCUT2D eigenvalue weighted by molar-refractivity contribution is -0.320. The molecule has 0 radical (unpaired) electrons. The Balaban J connectivity index is 2.36. The first-order valence-corrected chi connectivity index (χ1v) is 10.8. The topological polar surface area (TPSA) is 284 Å². The summed E-state index contributed by atoms with van der Waals surface area (Å²) in [5, 5.41) is 50.4. The summed E-state index contributed by atoms with van der Waals surface area (Å²) < 4.78 is 85.6. The van der Waals surface area contributed by atoms with Gasteiger partial charge in [-0.3, -0.25) is 4.18 Å². The lowest BCUT2D eigenvalue weighted by Crippen LogP contribution is -2.66. The number of carboxylic acid groups (broad SMARTS) is 1. The minimum absolute atomic E-state index is 0.417. The third-order valence-corrected chi connectivity index (χ3v) is 5.06. The van der Waals surface area contributed by atoms with Gasteiger partial charge in [-0.15, -0.1) is 0 Å². The molecule has 2 aliphatic heterocycles. The lowest BCUT2D eigenvalue weighted by Gasteiger charge is -2.45. The zero-order chi connectivity index (χ0) is 23.7. The summed E-state index contributed by atoms with van der Waals surface area (Å²) in [7, 11) is -10.8. The quantitative estimate of drug-likeness (QED) is 0.155. The Morgan fingerprint density at radius 1 is 1.16 bits per heavy atom. The van der Waals surface area contributed by atoms with Gasteiger partial charge in [0.1, 0.15) is 42.2 Å². The third kappa shape index (κ3) is 6.74. The number of hydrogen-bond acceptors (Lipinski definition) is 16. The number of aliphatic hydroxyl groups is 4. The average Bonchev–Trinajstić information content (AvgIpc) is 2.61. The van der Waals surface area contributed by atoms with Crippen LogP contribution in [0.5, 0.6) is 0 Å². The molecule has 17 nitrogen and oxygen atoms in total. The second-order valence-corrected chi connectivity index (χ2v) is 8.35. The summed E-state index contributed by atoms with van der Waals surface area (Å²) in [4.78, 5) is 11.0. The molecule has 0 unspecified atom stereocenters. The molecule has 0 aromatic rings. The molecule has 31 heavy (non-hydrogen) atoms. The number of hydrogen-bond donors (Lipinski definition) is 5. The van der Waals surface area contributed by atoms with Gasteiger partial charge in [-0.1, -0.05) is 0 Å². The van der Waals surface area contributed by atoms with Crippen LogP contribution >= 0.6 is 0 Å². The number of aliphatic carboxylic acids is 1. The zero-order valence-electron chi connectivity index (χ0n) is 14.9. The summed E-state index contributed by atoms with van der Waals surface area (Å²) in [6, 6.07) is -2.07. The number of carbonyl (C=O) groups excluding carboxylic acids is 1. The molecular weight excluding hydrogens is 478 g/mol. The number of nitrogens with one attached hydrogen (secondary N) is 1. The van der Waals surface area contributed by atoms with E-state index < -0.39 is 88.2 Å². The van der Waals surface area contributed by atoms with Crippen LogP contribution in [0, 0.1) is 0 Å². The van der Waals surface area contributed by atoms with Crippen LogP contribution in [0.15, 0.2) is 11.8 Å². The monoisotopic (exact) mass is 494 g/mol. The smallest absolute Gasteiger partial charge is 0.231 e. The molecular formula is C12H16NO16S2-3. The van der Waals surface area contributed by atoms with Crippen molar-refractivity contribution in [3.8, 4) is 0 Å². The second kappa shape index (κ2) is 9.56. The normalized spacial score (nSPS) is 37.0. The van der Waals surface area contributed by atoms with Crippen LogP contribution in [0.4, 0.5) is 0 Å². The van der Waals surface area contributed by atoms with Crippen LogP contribution in [0.2, 0.25) is 0 Å². The zero-order valence-corrected chi connectivity index (χ0v) is 16.5. The maximum atomic E-state index is 11.0. The van der Waals surface area contributed by atoms with E-state index in [9.17, 15) is 56.3 Å². The molecule has 0 aromatic carbocycles. The van der Waals surface area contributed by atoms with Crippen molar-refractivity contribution in [2.45, 2.75) is 49.1 Å². The Kier molecular flexibility index (Phi) is 7.95. The highest BCUT2D eigenvalue weighted by molar-refractivity contribution is 7.83. The molecule has 19 heteroatoms. The summed E-state index contributed by atoms with van der Waals surface area (Å²) in [6.07, 6.45) is -14.2. The largest absolute Gasteiger partial charge is 0.735 e. The van der Waals surface area contributed by atoms with Gasteiger partial charge in [-0.05, 0) is 6.08 Å². The van der Waals surface area contributed by atoms with Gasteiger partial charge < -0.3 is 53.6 Å². The SMILES string of the molecule is O=C([O-])C1=C[C@@H](O)[C@@H](OS(=O)(=O)[O-])[C@@H](O[C@@H]2[C@H](O)[C@H](NS(=O)(=O)[O-])[C@H](O)O[C@@H]2CO)O1. The molecule has 1 saturated heterocycles. The second-order valence-electron chi connectivity index (χ2n) is 6.20. The van der Waals surface area contributed by atoms with Gasteiger partial charge in [-0.2, -0.15) is 0 Å². The highest BCUT2D eigenvalue weighted by Gasteiger charge is 2.49. The molecule has 180 valence electrons.